The average molecular weight is 300 g/mol. The van der Waals surface area contributed by atoms with Crippen LogP contribution in [0, 0.1) is 23.7 Å². The fourth-order valence-corrected chi connectivity index (χ4v) is 4.59. The highest BCUT2D eigenvalue weighted by Crippen LogP contribution is 2.54. The summed E-state index contributed by atoms with van der Waals surface area (Å²) in [4.78, 5) is 12.2. The Labute approximate surface area is 112 Å². The number of hydrogen-bond acceptors (Lipinski definition) is 1. The summed E-state index contributed by atoms with van der Waals surface area (Å²) in [7, 11) is 0. The summed E-state index contributed by atoms with van der Waals surface area (Å²) in [5.74, 6) is 3.17. The Bertz CT molecular complexity index is 297. The van der Waals surface area contributed by atoms with Crippen molar-refractivity contribution in [1.82, 2.24) is 5.32 Å². The molecule has 0 heterocycles. The molecule has 0 spiro atoms. The highest BCUT2D eigenvalue weighted by Gasteiger charge is 2.48. The first kappa shape index (κ1) is 12.0. The molecular formula is C14H22BrNO. The zero-order chi connectivity index (χ0) is 11.8. The van der Waals surface area contributed by atoms with Gasteiger partial charge in [-0.05, 0) is 49.9 Å². The Kier molecular flexibility index (Phi) is 3.47. The summed E-state index contributed by atoms with van der Waals surface area (Å²) >= 11 is 3.59. The third kappa shape index (κ3) is 2.54. The summed E-state index contributed by atoms with van der Waals surface area (Å²) in [5, 5.41) is 4.37. The smallest absolute Gasteiger partial charge is 0.223 e. The molecule has 0 aromatic carbocycles. The van der Waals surface area contributed by atoms with Crippen LogP contribution in [0.25, 0.3) is 0 Å². The quantitative estimate of drug-likeness (QED) is 0.797. The average Bonchev–Trinajstić information content (AvgIpc) is 2.96. The summed E-state index contributed by atoms with van der Waals surface area (Å²) in [6, 6.07) is 0.438. The maximum Gasteiger partial charge on any atom is 0.223 e. The van der Waals surface area contributed by atoms with Crippen molar-refractivity contribution in [3.05, 3.63) is 0 Å². The second-order valence-electron chi connectivity index (χ2n) is 6.24. The van der Waals surface area contributed by atoms with E-state index in [1.165, 1.54) is 44.9 Å². The molecule has 3 saturated carbocycles. The lowest BCUT2D eigenvalue weighted by Gasteiger charge is -2.32. The van der Waals surface area contributed by atoms with Crippen molar-refractivity contribution in [3.63, 3.8) is 0 Å². The molecule has 0 aromatic rings. The Balaban J connectivity index is 1.52. The lowest BCUT2D eigenvalue weighted by molar-refractivity contribution is -0.126. The van der Waals surface area contributed by atoms with E-state index in [9.17, 15) is 4.79 Å². The molecule has 3 rings (SSSR count). The van der Waals surface area contributed by atoms with Gasteiger partial charge < -0.3 is 5.32 Å². The maximum atomic E-state index is 12.2. The monoisotopic (exact) mass is 299 g/mol. The predicted octanol–water partition coefficient (Wildman–Crippen LogP) is 3.10. The van der Waals surface area contributed by atoms with Crippen molar-refractivity contribution in [3.8, 4) is 0 Å². The number of halogens is 1. The maximum absolute atomic E-state index is 12.2. The van der Waals surface area contributed by atoms with Crippen molar-refractivity contribution < 1.29 is 4.79 Å². The molecule has 0 aliphatic heterocycles. The lowest BCUT2D eigenvalue weighted by atomic mass is 9.85. The third-order valence-corrected chi connectivity index (χ3v) is 5.88. The molecule has 3 fully saturated rings. The largest absolute Gasteiger partial charge is 0.353 e. The Hall–Kier alpha value is -0.0500. The third-order valence-electron chi connectivity index (χ3n) is 5.05. The molecule has 17 heavy (non-hydrogen) atoms. The molecule has 3 aliphatic carbocycles. The Morgan fingerprint density at radius 2 is 1.82 bits per heavy atom. The van der Waals surface area contributed by atoms with Crippen molar-refractivity contribution >= 4 is 21.8 Å². The summed E-state index contributed by atoms with van der Waals surface area (Å²) in [6.45, 7) is 0. The fraction of sp³-hybridized carbons (Fsp3) is 0.929. The molecule has 1 amide bonds. The number of alkyl halides is 1. The van der Waals surface area contributed by atoms with Crippen LogP contribution in [0.2, 0.25) is 0 Å². The van der Waals surface area contributed by atoms with Gasteiger partial charge in [-0.15, -0.1) is 0 Å². The molecule has 4 unspecified atom stereocenters. The summed E-state index contributed by atoms with van der Waals surface area (Å²) in [5.41, 5.74) is 0. The molecule has 3 heteroatoms. The van der Waals surface area contributed by atoms with Gasteiger partial charge in [-0.25, -0.2) is 0 Å². The van der Waals surface area contributed by atoms with E-state index >= 15 is 0 Å². The first-order chi connectivity index (χ1) is 8.28. The summed E-state index contributed by atoms with van der Waals surface area (Å²) in [6.07, 6.45) is 8.80. The molecule has 0 radical (unpaired) electrons. The zero-order valence-electron chi connectivity index (χ0n) is 10.3. The number of rotatable bonds is 3. The molecule has 1 N–H and O–H groups in total. The second kappa shape index (κ2) is 4.91. The normalized spacial score (nSPS) is 44.2. The van der Waals surface area contributed by atoms with Gasteiger partial charge in [-0.3, -0.25) is 4.79 Å². The van der Waals surface area contributed by atoms with E-state index < -0.39 is 0 Å². The molecule has 0 aromatic heterocycles. The van der Waals surface area contributed by atoms with Gasteiger partial charge in [0.25, 0.3) is 0 Å². The van der Waals surface area contributed by atoms with E-state index in [0.717, 1.165) is 17.2 Å². The van der Waals surface area contributed by atoms with Crippen molar-refractivity contribution in [2.75, 3.05) is 5.33 Å². The van der Waals surface area contributed by atoms with E-state index in [-0.39, 0.29) is 0 Å². The van der Waals surface area contributed by atoms with Crippen LogP contribution >= 0.6 is 15.9 Å². The zero-order valence-corrected chi connectivity index (χ0v) is 11.9. The summed E-state index contributed by atoms with van der Waals surface area (Å²) < 4.78 is 0. The first-order valence-electron chi connectivity index (χ1n) is 7.14. The van der Waals surface area contributed by atoms with Crippen LogP contribution in [0.1, 0.15) is 44.9 Å². The molecule has 4 atom stereocenters. The molecular weight excluding hydrogens is 278 g/mol. The Morgan fingerprint density at radius 1 is 1.12 bits per heavy atom. The van der Waals surface area contributed by atoms with Crippen LogP contribution in [0.15, 0.2) is 0 Å². The molecule has 2 nitrogen and oxygen atoms in total. The van der Waals surface area contributed by atoms with Crippen LogP contribution in [0.3, 0.4) is 0 Å². The Morgan fingerprint density at radius 3 is 2.53 bits per heavy atom. The molecule has 3 aliphatic rings. The van der Waals surface area contributed by atoms with Gasteiger partial charge in [0.2, 0.25) is 5.91 Å². The number of fused-ring (bicyclic) bond motifs is 1. The van der Waals surface area contributed by atoms with Gasteiger partial charge >= 0.3 is 0 Å². The van der Waals surface area contributed by atoms with Crippen LogP contribution in [0.4, 0.5) is 0 Å². The predicted molar refractivity (Wildman–Crippen MR) is 72.0 cm³/mol. The second-order valence-corrected chi connectivity index (χ2v) is 6.89. The van der Waals surface area contributed by atoms with Gasteiger partial charge in [-0.2, -0.15) is 0 Å². The fourth-order valence-electron chi connectivity index (χ4n) is 3.81. The first-order valence-corrected chi connectivity index (χ1v) is 8.26. The van der Waals surface area contributed by atoms with E-state index in [2.05, 4.69) is 21.2 Å². The number of amides is 1. The van der Waals surface area contributed by atoms with Gasteiger partial charge in [0.15, 0.2) is 0 Å². The number of nitrogens with one attached hydrogen (secondary N) is 1. The van der Waals surface area contributed by atoms with Crippen LogP contribution in [-0.2, 0) is 4.79 Å². The van der Waals surface area contributed by atoms with E-state index in [1.807, 2.05) is 0 Å². The number of carbonyl (C=O) groups is 1. The van der Waals surface area contributed by atoms with Crippen molar-refractivity contribution in [1.29, 1.82) is 0 Å². The minimum absolute atomic E-state index is 0.344. The standard InChI is InChI=1S/C14H22BrNO/c15-8-9-3-1-2-4-13(9)16-14(17)12-6-10-5-11(10)7-12/h9-13H,1-8H2,(H,16,17). The van der Waals surface area contributed by atoms with E-state index in [0.29, 0.717) is 23.8 Å². The minimum atomic E-state index is 0.344. The van der Waals surface area contributed by atoms with Gasteiger partial charge in [0.1, 0.15) is 0 Å². The molecule has 0 bridgehead atoms. The van der Waals surface area contributed by atoms with E-state index in [4.69, 9.17) is 0 Å². The van der Waals surface area contributed by atoms with Gasteiger partial charge in [0.05, 0.1) is 0 Å². The topological polar surface area (TPSA) is 29.1 Å². The highest BCUT2D eigenvalue weighted by atomic mass is 79.9. The number of carbonyl (C=O) groups excluding carboxylic acids is 1. The van der Waals surface area contributed by atoms with Gasteiger partial charge in [-0.1, -0.05) is 28.8 Å². The molecule has 0 saturated heterocycles. The lowest BCUT2D eigenvalue weighted by Crippen LogP contribution is -2.45. The van der Waals surface area contributed by atoms with Crippen LogP contribution in [0.5, 0.6) is 0 Å². The number of hydrogen-bond donors (Lipinski definition) is 1. The SMILES string of the molecule is O=C(NC1CCCCC1CBr)C1CC2CC2C1. The van der Waals surface area contributed by atoms with Gasteiger partial charge in [0, 0.05) is 17.3 Å². The van der Waals surface area contributed by atoms with Crippen LogP contribution < -0.4 is 5.32 Å². The minimum Gasteiger partial charge on any atom is -0.353 e. The highest BCUT2D eigenvalue weighted by molar-refractivity contribution is 9.09. The molecule has 96 valence electrons. The van der Waals surface area contributed by atoms with Crippen molar-refractivity contribution in [2.45, 2.75) is 51.0 Å². The van der Waals surface area contributed by atoms with E-state index in [1.54, 1.807) is 0 Å². The van der Waals surface area contributed by atoms with Crippen LogP contribution in [-0.4, -0.2) is 17.3 Å². The van der Waals surface area contributed by atoms with Crippen molar-refractivity contribution in [2.24, 2.45) is 23.7 Å².